The summed E-state index contributed by atoms with van der Waals surface area (Å²) in [7, 11) is 0.531. The third-order valence-corrected chi connectivity index (χ3v) is 6.30. The first-order valence-electron chi connectivity index (χ1n) is 9.66. The molecule has 1 aromatic carbocycles. The van der Waals surface area contributed by atoms with Gasteiger partial charge in [0.1, 0.15) is 17.3 Å². The van der Waals surface area contributed by atoms with E-state index in [1.165, 1.54) is 17.0 Å². The van der Waals surface area contributed by atoms with Crippen LogP contribution >= 0.6 is 0 Å². The Balaban J connectivity index is 1.71. The average molecular weight is 420 g/mol. The number of aromatic nitrogens is 1. The van der Waals surface area contributed by atoms with Crippen LogP contribution in [0.1, 0.15) is 39.9 Å². The number of benzene rings is 1. The summed E-state index contributed by atoms with van der Waals surface area (Å²) in [5.74, 6) is -2.30. The molecule has 10 heteroatoms. The van der Waals surface area contributed by atoms with Crippen LogP contribution < -0.4 is 5.46 Å². The summed E-state index contributed by atoms with van der Waals surface area (Å²) < 4.78 is 46.1. The third kappa shape index (κ3) is 3.05. The van der Waals surface area contributed by atoms with Crippen LogP contribution in [0, 0.1) is 11.6 Å². The van der Waals surface area contributed by atoms with Crippen molar-refractivity contribution < 1.29 is 32.5 Å². The standard InChI is InChI=1S/C20H23BF2N2O5/c1-18(2)19(3,4)30-21(29-18)12-8-11(13(22)9-14(12)23)15-10-16(28-24-15)20(27)6-7-25(5)17(20)26/h8-10,27H,6-7H2,1-5H3. The predicted octanol–water partition coefficient (Wildman–Crippen LogP) is 1.97. The zero-order chi connectivity index (χ0) is 22.1. The summed E-state index contributed by atoms with van der Waals surface area (Å²) in [5, 5.41) is 14.5. The maximum atomic E-state index is 14.6. The number of hydrogen-bond acceptors (Lipinski definition) is 6. The summed E-state index contributed by atoms with van der Waals surface area (Å²) in [6.07, 6.45) is 0.127. The second-order valence-corrected chi connectivity index (χ2v) is 8.86. The number of carbonyl (C=O) groups is 1. The highest BCUT2D eigenvalue weighted by molar-refractivity contribution is 6.62. The Morgan fingerprint density at radius 3 is 2.30 bits per heavy atom. The number of likely N-dealkylation sites (tertiary alicyclic amines) is 1. The van der Waals surface area contributed by atoms with Crippen molar-refractivity contribution in [2.45, 2.75) is 50.9 Å². The maximum Gasteiger partial charge on any atom is 0.497 e. The lowest BCUT2D eigenvalue weighted by atomic mass is 9.77. The third-order valence-electron chi connectivity index (χ3n) is 6.30. The monoisotopic (exact) mass is 420 g/mol. The Morgan fingerprint density at radius 1 is 1.10 bits per heavy atom. The molecule has 2 fully saturated rings. The van der Waals surface area contributed by atoms with Crippen LogP contribution in [0.5, 0.6) is 0 Å². The van der Waals surface area contributed by atoms with Gasteiger partial charge in [-0.1, -0.05) is 5.16 Å². The number of nitrogens with zero attached hydrogens (tertiary/aromatic N) is 2. The van der Waals surface area contributed by atoms with Gasteiger partial charge in [-0.05, 0) is 33.8 Å². The molecule has 1 amide bonds. The van der Waals surface area contributed by atoms with E-state index < -0.39 is 41.5 Å². The fraction of sp³-hybridized carbons (Fsp3) is 0.500. The minimum absolute atomic E-state index is 0.0185. The van der Waals surface area contributed by atoms with Crippen molar-refractivity contribution in [3.8, 4) is 11.3 Å². The van der Waals surface area contributed by atoms with Crippen molar-refractivity contribution in [1.82, 2.24) is 10.1 Å². The first-order valence-corrected chi connectivity index (χ1v) is 9.66. The lowest BCUT2D eigenvalue weighted by molar-refractivity contribution is -0.144. The second kappa shape index (κ2) is 6.60. The van der Waals surface area contributed by atoms with E-state index in [4.69, 9.17) is 13.8 Å². The van der Waals surface area contributed by atoms with E-state index in [9.17, 15) is 18.7 Å². The molecule has 2 aromatic rings. The van der Waals surface area contributed by atoms with E-state index in [0.29, 0.717) is 6.54 Å². The molecule has 0 spiro atoms. The first-order chi connectivity index (χ1) is 13.9. The van der Waals surface area contributed by atoms with Crippen LogP contribution in [0.15, 0.2) is 22.7 Å². The molecule has 0 bridgehead atoms. The Morgan fingerprint density at radius 2 is 1.73 bits per heavy atom. The Kier molecular flexibility index (Phi) is 4.61. The van der Waals surface area contributed by atoms with E-state index >= 15 is 0 Å². The van der Waals surface area contributed by atoms with Gasteiger partial charge >= 0.3 is 7.12 Å². The minimum Gasteiger partial charge on any atom is -0.399 e. The van der Waals surface area contributed by atoms with Gasteiger partial charge in [0.05, 0.1) is 11.2 Å². The van der Waals surface area contributed by atoms with Crippen LogP contribution in [0.25, 0.3) is 11.3 Å². The number of carbonyl (C=O) groups excluding carboxylic acids is 1. The molecule has 2 saturated heterocycles. The molecule has 160 valence electrons. The van der Waals surface area contributed by atoms with E-state index in [0.717, 1.165) is 6.07 Å². The molecule has 0 radical (unpaired) electrons. The topological polar surface area (TPSA) is 85.0 Å². The van der Waals surface area contributed by atoms with Crippen molar-refractivity contribution in [2.75, 3.05) is 13.6 Å². The van der Waals surface area contributed by atoms with Crippen molar-refractivity contribution >= 4 is 18.5 Å². The molecule has 1 atom stereocenters. The highest BCUT2D eigenvalue weighted by Gasteiger charge is 2.53. The SMILES string of the molecule is CN1CCC(O)(c2cc(-c3cc(B4OC(C)(C)C(C)(C)O4)c(F)cc3F)no2)C1=O. The maximum absolute atomic E-state index is 14.6. The van der Waals surface area contributed by atoms with Gasteiger partial charge in [-0.2, -0.15) is 0 Å². The Bertz CT molecular complexity index is 1010. The van der Waals surface area contributed by atoms with E-state index in [1.807, 2.05) is 27.7 Å². The van der Waals surface area contributed by atoms with Gasteiger partial charge in [-0.3, -0.25) is 4.79 Å². The number of halogens is 2. The highest BCUT2D eigenvalue weighted by Crippen LogP contribution is 2.38. The lowest BCUT2D eigenvalue weighted by Gasteiger charge is -2.32. The van der Waals surface area contributed by atoms with Crippen molar-refractivity contribution in [1.29, 1.82) is 0 Å². The summed E-state index contributed by atoms with van der Waals surface area (Å²) in [4.78, 5) is 13.6. The predicted molar refractivity (Wildman–Crippen MR) is 104 cm³/mol. The fourth-order valence-electron chi connectivity index (χ4n) is 3.59. The van der Waals surface area contributed by atoms with Crippen LogP contribution in [0.3, 0.4) is 0 Å². The quantitative estimate of drug-likeness (QED) is 0.765. The van der Waals surface area contributed by atoms with Gasteiger partial charge in [-0.25, -0.2) is 8.78 Å². The number of amides is 1. The van der Waals surface area contributed by atoms with Gasteiger partial charge in [0.15, 0.2) is 5.76 Å². The van der Waals surface area contributed by atoms with Crippen molar-refractivity contribution in [3.05, 3.63) is 35.6 Å². The molecule has 1 N–H and O–H groups in total. The molecule has 4 rings (SSSR count). The Labute approximate surface area is 173 Å². The zero-order valence-electron chi connectivity index (χ0n) is 17.5. The summed E-state index contributed by atoms with van der Waals surface area (Å²) in [5.41, 5.74) is -3.26. The molecule has 1 aromatic heterocycles. The van der Waals surface area contributed by atoms with Crippen LogP contribution in [0.4, 0.5) is 8.78 Å². The van der Waals surface area contributed by atoms with Crippen LogP contribution in [-0.2, 0) is 19.7 Å². The highest BCUT2D eigenvalue weighted by atomic mass is 19.1. The van der Waals surface area contributed by atoms with Crippen LogP contribution in [0.2, 0.25) is 0 Å². The Hall–Kier alpha value is -2.30. The first kappa shape index (κ1) is 21.0. The molecular weight excluding hydrogens is 397 g/mol. The van der Waals surface area contributed by atoms with Crippen molar-refractivity contribution in [2.24, 2.45) is 0 Å². The smallest absolute Gasteiger partial charge is 0.399 e. The van der Waals surface area contributed by atoms with E-state index in [1.54, 1.807) is 7.05 Å². The van der Waals surface area contributed by atoms with Gasteiger partial charge in [0.2, 0.25) is 5.60 Å². The minimum atomic E-state index is -1.86. The van der Waals surface area contributed by atoms with Gasteiger partial charge in [0.25, 0.3) is 5.91 Å². The lowest BCUT2D eigenvalue weighted by Crippen LogP contribution is -2.41. The average Bonchev–Trinajstić information content (AvgIpc) is 3.28. The normalized spacial score (nSPS) is 25.4. The number of rotatable bonds is 3. The summed E-state index contributed by atoms with van der Waals surface area (Å²) in [6, 6.07) is 3.27. The molecule has 2 aliphatic rings. The largest absolute Gasteiger partial charge is 0.497 e. The fourth-order valence-corrected chi connectivity index (χ4v) is 3.59. The van der Waals surface area contributed by atoms with Gasteiger partial charge < -0.3 is 23.8 Å². The molecule has 2 aliphatic heterocycles. The molecule has 30 heavy (non-hydrogen) atoms. The molecule has 0 saturated carbocycles. The van der Waals surface area contributed by atoms with E-state index in [-0.39, 0.29) is 28.9 Å². The molecule has 1 unspecified atom stereocenters. The van der Waals surface area contributed by atoms with Crippen LogP contribution in [-0.4, -0.2) is 53.0 Å². The van der Waals surface area contributed by atoms with Gasteiger partial charge in [0, 0.05) is 43.2 Å². The summed E-state index contributed by atoms with van der Waals surface area (Å²) >= 11 is 0. The van der Waals surface area contributed by atoms with Crippen molar-refractivity contribution in [3.63, 3.8) is 0 Å². The molecule has 7 nitrogen and oxygen atoms in total. The molecular formula is C20H23BF2N2O5. The molecule has 3 heterocycles. The van der Waals surface area contributed by atoms with E-state index in [2.05, 4.69) is 5.16 Å². The zero-order valence-corrected chi connectivity index (χ0v) is 17.5. The summed E-state index contributed by atoms with van der Waals surface area (Å²) in [6.45, 7) is 7.67. The number of hydrogen-bond donors (Lipinski definition) is 1. The molecule has 0 aliphatic carbocycles. The van der Waals surface area contributed by atoms with Gasteiger partial charge in [-0.15, -0.1) is 0 Å². The number of likely N-dealkylation sites (N-methyl/N-ethyl adjacent to an activating group) is 1. The number of aliphatic hydroxyl groups is 1. The second-order valence-electron chi connectivity index (χ2n) is 8.86.